The van der Waals surface area contributed by atoms with Crippen molar-refractivity contribution in [1.82, 2.24) is 0 Å². The van der Waals surface area contributed by atoms with Crippen LogP contribution < -0.4 is 0 Å². The minimum Gasteiger partial charge on any atom is -0.481 e. The standard InChI is InChI=1S/C26H40O4/c1-19-20(2)22(11-7-6-9-13-25(4,5)24(28)29)17-23(21(19)3)12-8-10-14-26(15-16-26)30-18-27/h17-18H,6-16H2,1-5H3,(H,28,29). The van der Waals surface area contributed by atoms with Crippen LogP contribution in [0, 0.1) is 26.2 Å². The van der Waals surface area contributed by atoms with E-state index in [0.717, 1.165) is 70.6 Å². The van der Waals surface area contributed by atoms with Crippen molar-refractivity contribution in [3.8, 4) is 0 Å². The number of hydrogen-bond donors (Lipinski definition) is 1. The lowest BCUT2D eigenvalue weighted by atomic mass is 9.86. The summed E-state index contributed by atoms with van der Waals surface area (Å²) >= 11 is 0. The minimum atomic E-state index is -0.706. The molecule has 1 aliphatic carbocycles. The highest BCUT2D eigenvalue weighted by molar-refractivity contribution is 5.73. The zero-order chi connectivity index (χ0) is 22.4. The minimum absolute atomic E-state index is 0.139. The molecule has 0 saturated heterocycles. The number of carboxylic acid groups (broad SMARTS) is 1. The lowest BCUT2D eigenvalue weighted by molar-refractivity contribution is -0.147. The SMILES string of the molecule is Cc1c(CCCCCC(C)(C)C(=O)O)cc(CCCCC2(OC=O)CC2)c(C)c1C. The third-order valence-electron chi connectivity index (χ3n) is 7.20. The maximum Gasteiger partial charge on any atom is 0.309 e. The Bertz CT molecular complexity index is 744. The van der Waals surface area contributed by atoms with E-state index in [-0.39, 0.29) is 5.60 Å². The van der Waals surface area contributed by atoms with Crippen molar-refractivity contribution in [2.45, 2.75) is 111 Å². The van der Waals surface area contributed by atoms with Gasteiger partial charge in [0.2, 0.25) is 0 Å². The Kier molecular flexibility index (Phi) is 8.52. The van der Waals surface area contributed by atoms with Crippen LogP contribution in [-0.2, 0) is 27.2 Å². The highest BCUT2D eigenvalue weighted by Gasteiger charge is 2.44. The third kappa shape index (κ3) is 6.58. The molecular formula is C26H40O4. The second-order valence-electron chi connectivity index (χ2n) is 9.92. The molecule has 0 aromatic heterocycles. The van der Waals surface area contributed by atoms with Crippen molar-refractivity contribution >= 4 is 12.4 Å². The molecule has 2 rings (SSSR count). The first-order valence-corrected chi connectivity index (χ1v) is 11.6. The van der Waals surface area contributed by atoms with Crippen LogP contribution in [0.2, 0.25) is 0 Å². The Balaban J connectivity index is 1.85. The molecule has 1 aromatic rings. The van der Waals surface area contributed by atoms with Crippen molar-refractivity contribution in [2.24, 2.45) is 5.41 Å². The van der Waals surface area contributed by atoms with Gasteiger partial charge in [0, 0.05) is 0 Å². The van der Waals surface area contributed by atoms with Gasteiger partial charge in [-0.25, -0.2) is 0 Å². The zero-order valence-electron chi connectivity index (χ0n) is 19.6. The number of aliphatic carboxylic acids is 1. The average Bonchev–Trinajstić information content (AvgIpc) is 3.45. The molecule has 1 aliphatic rings. The van der Waals surface area contributed by atoms with Gasteiger partial charge in [0.1, 0.15) is 5.60 Å². The van der Waals surface area contributed by atoms with Gasteiger partial charge >= 0.3 is 5.97 Å². The number of carboxylic acids is 1. The summed E-state index contributed by atoms with van der Waals surface area (Å²) in [6.07, 6.45) is 11.2. The van der Waals surface area contributed by atoms with Gasteiger partial charge in [-0.2, -0.15) is 0 Å². The first-order valence-electron chi connectivity index (χ1n) is 11.6. The number of ether oxygens (including phenoxy) is 1. The van der Waals surface area contributed by atoms with Crippen molar-refractivity contribution in [3.05, 3.63) is 33.9 Å². The molecule has 0 unspecified atom stereocenters. The maximum absolute atomic E-state index is 11.2. The van der Waals surface area contributed by atoms with Gasteiger partial charge < -0.3 is 9.84 Å². The molecule has 1 saturated carbocycles. The Labute approximate surface area is 182 Å². The van der Waals surface area contributed by atoms with E-state index in [2.05, 4.69) is 26.8 Å². The molecule has 168 valence electrons. The summed E-state index contributed by atoms with van der Waals surface area (Å²) in [5.74, 6) is -0.706. The summed E-state index contributed by atoms with van der Waals surface area (Å²) in [4.78, 5) is 21.9. The first kappa shape index (κ1) is 24.4. The molecular weight excluding hydrogens is 376 g/mol. The van der Waals surface area contributed by atoms with Crippen LogP contribution in [0.4, 0.5) is 0 Å². The molecule has 0 atom stereocenters. The summed E-state index contributed by atoms with van der Waals surface area (Å²) in [6, 6.07) is 2.40. The van der Waals surface area contributed by atoms with Gasteiger partial charge in [-0.1, -0.05) is 18.9 Å². The molecule has 1 fully saturated rings. The second-order valence-corrected chi connectivity index (χ2v) is 9.92. The maximum atomic E-state index is 11.2. The Hall–Kier alpha value is -1.84. The molecule has 30 heavy (non-hydrogen) atoms. The predicted octanol–water partition coefficient (Wildman–Crippen LogP) is 6.24. The average molecular weight is 417 g/mol. The van der Waals surface area contributed by atoms with Crippen LogP contribution in [0.5, 0.6) is 0 Å². The molecule has 0 aliphatic heterocycles. The highest BCUT2D eigenvalue weighted by Crippen LogP contribution is 2.43. The number of aryl methyl sites for hydroxylation is 2. The molecule has 0 spiro atoms. The fourth-order valence-corrected chi connectivity index (χ4v) is 4.31. The van der Waals surface area contributed by atoms with Gasteiger partial charge in [0.05, 0.1) is 5.41 Å². The molecule has 4 heteroatoms. The molecule has 1 N–H and O–H groups in total. The number of unbranched alkanes of at least 4 members (excludes halogenated alkanes) is 3. The first-order chi connectivity index (χ1) is 14.1. The van der Waals surface area contributed by atoms with Crippen molar-refractivity contribution in [3.63, 3.8) is 0 Å². The number of hydrogen-bond acceptors (Lipinski definition) is 3. The van der Waals surface area contributed by atoms with Crippen molar-refractivity contribution < 1.29 is 19.4 Å². The monoisotopic (exact) mass is 416 g/mol. The van der Waals surface area contributed by atoms with E-state index < -0.39 is 11.4 Å². The van der Waals surface area contributed by atoms with E-state index in [1.54, 1.807) is 0 Å². The summed E-state index contributed by atoms with van der Waals surface area (Å²) in [7, 11) is 0. The fraction of sp³-hybridized carbons (Fsp3) is 0.692. The van der Waals surface area contributed by atoms with Crippen molar-refractivity contribution in [1.29, 1.82) is 0 Å². The highest BCUT2D eigenvalue weighted by atomic mass is 16.5. The smallest absolute Gasteiger partial charge is 0.309 e. The molecule has 0 radical (unpaired) electrons. The van der Waals surface area contributed by atoms with E-state index in [9.17, 15) is 14.7 Å². The summed E-state index contributed by atoms with van der Waals surface area (Å²) < 4.78 is 5.26. The van der Waals surface area contributed by atoms with Gasteiger partial charge in [0.25, 0.3) is 6.47 Å². The Morgan fingerprint density at radius 3 is 2.07 bits per heavy atom. The predicted molar refractivity (Wildman–Crippen MR) is 121 cm³/mol. The van der Waals surface area contributed by atoms with Crippen LogP contribution in [0.1, 0.15) is 99.5 Å². The zero-order valence-corrected chi connectivity index (χ0v) is 19.6. The van der Waals surface area contributed by atoms with E-state index in [1.165, 1.54) is 27.8 Å². The van der Waals surface area contributed by atoms with Crippen LogP contribution in [0.15, 0.2) is 6.07 Å². The van der Waals surface area contributed by atoms with Crippen LogP contribution in [0.3, 0.4) is 0 Å². The molecule has 0 bridgehead atoms. The summed E-state index contributed by atoms with van der Waals surface area (Å²) in [5.41, 5.74) is 6.33. The summed E-state index contributed by atoms with van der Waals surface area (Å²) in [6.45, 7) is 10.9. The van der Waals surface area contributed by atoms with E-state index >= 15 is 0 Å². The van der Waals surface area contributed by atoms with E-state index in [0.29, 0.717) is 6.47 Å². The van der Waals surface area contributed by atoms with Gasteiger partial charge in [-0.05, 0) is 120 Å². The lowest BCUT2D eigenvalue weighted by Gasteiger charge is -2.19. The number of carbonyl (C=O) groups is 2. The molecule has 1 aromatic carbocycles. The van der Waals surface area contributed by atoms with E-state index in [4.69, 9.17) is 4.74 Å². The topological polar surface area (TPSA) is 63.6 Å². The summed E-state index contributed by atoms with van der Waals surface area (Å²) in [5, 5.41) is 9.24. The molecule has 0 amide bonds. The van der Waals surface area contributed by atoms with E-state index in [1.807, 2.05) is 13.8 Å². The molecule has 4 nitrogen and oxygen atoms in total. The fourth-order valence-electron chi connectivity index (χ4n) is 4.31. The van der Waals surface area contributed by atoms with Gasteiger partial charge in [-0.15, -0.1) is 0 Å². The quantitative estimate of drug-likeness (QED) is 0.288. The Morgan fingerprint density at radius 1 is 1.00 bits per heavy atom. The van der Waals surface area contributed by atoms with Crippen LogP contribution >= 0.6 is 0 Å². The Morgan fingerprint density at radius 2 is 1.57 bits per heavy atom. The van der Waals surface area contributed by atoms with Crippen LogP contribution in [0.25, 0.3) is 0 Å². The third-order valence-corrected chi connectivity index (χ3v) is 7.20. The second kappa shape index (κ2) is 10.5. The largest absolute Gasteiger partial charge is 0.481 e. The van der Waals surface area contributed by atoms with Gasteiger partial charge in [-0.3, -0.25) is 9.59 Å². The van der Waals surface area contributed by atoms with Crippen LogP contribution in [-0.4, -0.2) is 23.1 Å². The number of benzene rings is 1. The molecule has 0 heterocycles. The number of carbonyl (C=O) groups excluding carboxylic acids is 1. The van der Waals surface area contributed by atoms with Gasteiger partial charge in [0.15, 0.2) is 0 Å². The van der Waals surface area contributed by atoms with Crippen molar-refractivity contribution in [2.75, 3.05) is 0 Å². The normalized spacial score (nSPS) is 15.1. The lowest BCUT2D eigenvalue weighted by Crippen LogP contribution is -2.23. The number of rotatable bonds is 14.